The van der Waals surface area contributed by atoms with Gasteiger partial charge in [-0.3, -0.25) is 28.7 Å². The first-order valence-corrected chi connectivity index (χ1v) is 26.4. The van der Waals surface area contributed by atoms with Gasteiger partial charge in [0.2, 0.25) is 23.6 Å². The molecule has 4 N–H and O–H groups in total. The third-order valence-corrected chi connectivity index (χ3v) is 15.4. The number of aromatic nitrogens is 5. The third kappa shape index (κ3) is 12.4. The molecule has 386 valence electrons. The Kier molecular flexibility index (Phi) is 17.3. The molecule has 8 rings (SSSR count). The van der Waals surface area contributed by atoms with Gasteiger partial charge in [-0.2, -0.15) is 0 Å². The lowest BCUT2D eigenvalue weighted by Gasteiger charge is -2.30. The Morgan fingerprint density at radius 2 is 1.59 bits per heavy atom. The van der Waals surface area contributed by atoms with Crippen molar-refractivity contribution in [2.75, 3.05) is 46.1 Å². The molecular weight excluding hydrogens is 992 g/mol. The second-order valence-corrected chi connectivity index (χ2v) is 21.2. The molecule has 4 aromatic heterocycles. The van der Waals surface area contributed by atoms with E-state index >= 15 is 0 Å². The SMILES string of the molecule is Cc1cc(C(C(=O)N2CC(O)CC2C(=O)NC(CC(=O)NCCOCCOCCNC(=O)CC2N=C(c3ccc(Cl)cc3)c3c(sc(C)c3C)-n3c(C)nnc32)c2ccc(-c3scnc3C)cc2)C(C)C)on1. The summed E-state index contributed by atoms with van der Waals surface area (Å²) in [7, 11) is 0. The van der Waals surface area contributed by atoms with Crippen LogP contribution < -0.4 is 16.0 Å². The number of aliphatic imine (C=N–C) groups is 1. The van der Waals surface area contributed by atoms with Gasteiger partial charge < -0.3 is 40.0 Å². The molecule has 21 heteroatoms. The van der Waals surface area contributed by atoms with Crippen LogP contribution in [0.2, 0.25) is 5.02 Å². The third-order valence-electron chi connectivity index (χ3n) is 13.0. The van der Waals surface area contributed by atoms with Crippen molar-refractivity contribution in [3.63, 3.8) is 0 Å². The van der Waals surface area contributed by atoms with E-state index < -0.39 is 36.1 Å². The van der Waals surface area contributed by atoms with Gasteiger partial charge in [0.15, 0.2) is 5.82 Å². The Labute approximate surface area is 436 Å². The molecule has 0 aliphatic carbocycles. The summed E-state index contributed by atoms with van der Waals surface area (Å²) < 4.78 is 19.0. The van der Waals surface area contributed by atoms with E-state index in [1.807, 2.05) is 80.8 Å². The van der Waals surface area contributed by atoms with E-state index in [0.717, 1.165) is 48.4 Å². The maximum Gasteiger partial charge on any atom is 0.243 e. The zero-order chi connectivity index (χ0) is 51.9. The molecule has 5 unspecified atom stereocenters. The van der Waals surface area contributed by atoms with Gasteiger partial charge in [0.05, 0.1) is 78.9 Å². The van der Waals surface area contributed by atoms with E-state index in [2.05, 4.69) is 50.1 Å². The summed E-state index contributed by atoms with van der Waals surface area (Å²) in [4.78, 5) is 68.2. The van der Waals surface area contributed by atoms with E-state index in [-0.39, 0.29) is 89.0 Å². The van der Waals surface area contributed by atoms with Crippen molar-refractivity contribution < 1.29 is 38.3 Å². The van der Waals surface area contributed by atoms with Crippen molar-refractivity contribution in [2.24, 2.45) is 10.9 Å². The molecule has 2 aliphatic heterocycles. The number of hydrogen-bond acceptors (Lipinski definition) is 15. The van der Waals surface area contributed by atoms with Crippen LogP contribution in [0.15, 0.2) is 69.6 Å². The van der Waals surface area contributed by atoms with E-state index in [9.17, 15) is 24.3 Å². The highest BCUT2D eigenvalue weighted by atomic mass is 35.5. The Morgan fingerprint density at radius 3 is 2.23 bits per heavy atom. The normalized spacial score (nSPS) is 17.2. The standard InChI is InChI=1S/C52H61ClN10O8S2/c1-28(2)45(42-22-29(3)61-71-42)51(68)62-26-38(64)23-41(62)50(67)58-39(34-8-10-36(11-9-34)48-31(5)56-27-72-48)24-43(65)54-16-18-69-20-21-70-19-17-55-44(66)25-40-49-60-59-33(7)63(49)52-46(30(4)32(6)73-52)47(57-40)35-12-14-37(53)15-13-35/h8-15,22,27-28,38-41,45,64H,16-21,23-26H2,1-7H3,(H,54,65)(H,55,66)(H,58,67). The highest BCUT2D eigenvalue weighted by molar-refractivity contribution is 7.15. The topological polar surface area (TPSA) is 228 Å². The van der Waals surface area contributed by atoms with Gasteiger partial charge in [-0.05, 0) is 69.4 Å². The molecule has 1 saturated heterocycles. The number of thiophene rings is 1. The number of ether oxygens (including phenoxy) is 2. The quantitative estimate of drug-likeness (QED) is 0.0544. The summed E-state index contributed by atoms with van der Waals surface area (Å²) in [6.07, 6.45) is -0.911. The zero-order valence-corrected chi connectivity index (χ0v) is 44.3. The van der Waals surface area contributed by atoms with Gasteiger partial charge in [-0.25, -0.2) is 4.98 Å². The minimum Gasteiger partial charge on any atom is -0.391 e. The second kappa shape index (κ2) is 23.8. The van der Waals surface area contributed by atoms with Gasteiger partial charge >= 0.3 is 0 Å². The number of aryl methyl sites for hydroxylation is 4. The molecule has 0 bridgehead atoms. The number of nitrogens with zero attached hydrogens (tertiary/aromatic N) is 7. The fourth-order valence-electron chi connectivity index (χ4n) is 9.20. The molecule has 0 radical (unpaired) electrons. The van der Waals surface area contributed by atoms with Crippen LogP contribution in [0.5, 0.6) is 0 Å². The first-order valence-electron chi connectivity index (χ1n) is 24.4. The van der Waals surface area contributed by atoms with E-state index in [4.69, 9.17) is 30.6 Å². The number of aliphatic hydroxyl groups excluding tert-OH is 1. The smallest absolute Gasteiger partial charge is 0.243 e. The number of hydrogen-bond donors (Lipinski definition) is 4. The number of halogens is 1. The minimum atomic E-state index is -0.974. The fourth-order valence-corrected chi connectivity index (χ4v) is 11.4. The van der Waals surface area contributed by atoms with Gasteiger partial charge in [0, 0.05) is 53.1 Å². The molecule has 0 spiro atoms. The summed E-state index contributed by atoms with van der Waals surface area (Å²) in [5.74, 6) is -0.530. The lowest BCUT2D eigenvalue weighted by atomic mass is 9.91. The first kappa shape index (κ1) is 53.1. The Balaban J connectivity index is 0.807. The number of amides is 4. The van der Waals surface area contributed by atoms with Crippen LogP contribution in [-0.2, 0) is 28.7 Å². The van der Waals surface area contributed by atoms with E-state index in [0.29, 0.717) is 33.7 Å². The minimum absolute atomic E-state index is 0.0179. The van der Waals surface area contributed by atoms with Crippen LogP contribution in [0.25, 0.3) is 15.4 Å². The second-order valence-electron chi connectivity index (χ2n) is 18.7. The van der Waals surface area contributed by atoms with Gasteiger partial charge in [0.1, 0.15) is 34.6 Å². The molecule has 73 heavy (non-hydrogen) atoms. The summed E-state index contributed by atoms with van der Waals surface area (Å²) >= 11 is 9.42. The Bertz CT molecular complexity index is 2950. The molecule has 5 atom stereocenters. The fraction of sp³-hybridized carbons (Fsp3) is 0.442. The average molecular weight is 1050 g/mol. The molecule has 6 heterocycles. The maximum absolute atomic E-state index is 14.1. The van der Waals surface area contributed by atoms with Gasteiger partial charge in [0.25, 0.3) is 0 Å². The summed E-state index contributed by atoms with van der Waals surface area (Å²) in [5, 5.41) is 34.0. The predicted molar refractivity (Wildman–Crippen MR) is 278 cm³/mol. The van der Waals surface area contributed by atoms with Crippen LogP contribution in [0.3, 0.4) is 0 Å². The highest BCUT2D eigenvalue weighted by Gasteiger charge is 2.44. The number of thiazole rings is 1. The molecule has 0 saturated carbocycles. The number of aliphatic hydroxyl groups is 1. The van der Waals surface area contributed by atoms with E-state index in [1.165, 1.54) is 16.2 Å². The molecular formula is C52H61ClN10O8S2. The van der Waals surface area contributed by atoms with Crippen molar-refractivity contribution in [1.29, 1.82) is 0 Å². The molecule has 4 amide bonds. The van der Waals surface area contributed by atoms with Crippen molar-refractivity contribution in [3.8, 4) is 15.4 Å². The number of likely N-dealkylation sites (tertiary alicyclic amines) is 1. The molecule has 2 aliphatic rings. The van der Waals surface area contributed by atoms with Crippen molar-refractivity contribution in [3.05, 3.63) is 121 Å². The molecule has 1 fully saturated rings. The Morgan fingerprint density at radius 1 is 0.904 bits per heavy atom. The summed E-state index contributed by atoms with van der Waals surface area (Å²) in [6.45, 7) is 15.0. The molecule has 2 aromatic carbocycles. The van der Waals surface area contributed by atoms with Crippen LogP contribution in [0.4, 0.5) is 0 Å². The lowest BCUT2D eigenvalue weighted by molar-refractivity contribution is -0.141. The molecule has 18 nitrogen and oxygen atoms in total. The highest BCUT2D eigenvalue weighted by Crippen LogP contribution is 2.40. The maximum atomic E-state index is 14.1. The van der Waals surface area contributed by atoms with Gasteiger partial charge in [-0.15, -0.1) is 32.9 Å². The average Bonchev–Trinajstić information content (AvgIpc) is 4.20. The lowest BCUT2D eigenvalue weighted by Crippen LogP contribution is -2.49. The number of nitrogens with one attached hydrogen (secondary N) is 3. The zero-order valence-electron chi connectivity index (χ0n) is 41.9. The number of rotatable bonds is 21. The Hall–Kier alpha value is -6.16. The van der Waals surface area contributed by atoms with E-state index in [1.54, 1.807) is 29.8 Å². The van der Waals surface area contributed by atoms with Crippen LogP contribution in [0, 0.1) is 40.5 Å². The van der Waals surface area contributed by atoms with Crippen molar-refractivity contribution in [2.45, 2.75) is 97.9 Å². The monoisotopic (exact) mass is 1050 g/mol. The van der Waals surface area contributed by atoms with Crippen LogP contribution in [-0.4, -0.2) is 122 Å². The number of β-amino-alcohol motifs (C(OH)–C–C–N with tert-alkyl or cyclic N) is 1. The van der Waals surface area contributed by atoms with Crippen LogP contribution >= 0.6 is 34.3 Å². The molecule has 6 aromatic rings. The van der Waals surface area contributed by atoms with Crippen molar-refractivity contribution >= 4 is 63.6 Å². The number of carbonyl (C=O) groups is 4. The largest absolute Gasteiger partial charge is 0.391 e. The first-order chi connectivity index (χ1) is 35.1. The number of fused-ring (bicyclic) bond motifs is 3. The van der Waals surface area contributed by atoms with Crippen molar-refractivity contribution in [1.82, 2.24) is 45.8 Å². The summed E-state index contributed by atoms with van der Waals surface area (Å²) in [6, 6.07) is 14.5. The predicted octanol–water partition coefficient (Wildman–Crippen LogP) is 6.83. The summed E-state index contributed by atoms with van der Waals surface area (Å²) in [5.41, 5.74) is 8.73. The number of carbonyl (C=O) groups excluding carboxylic acids is 4. The number of benzene rings is 2. The van der Waals surface area contributed by atoms with Crippen LogP contribution in [0.1, 0.15) is 107 Å². The van der Waals surface area contributed by atoms with Gasteiger partial charge in [-0.1, -0.05) is 67.0 Å².